The molecule has 1 unspecified atom stereocenters. The van der Waals surface area contributed by atoms with Gasteiger partial charge < -0.3 is 15.8 Å². The normalized spacial score (nSPS) is 23.2. The first-order valence-electron chi connectivity index (χ1n) is 6.38. The van der Waals surface area contributed by atoms with E-state index in [2.05, 4.69) is 17.4 Å². The molecule has 1 fully saturated rings. The number of nitrogens with one attached hydrogen (secondary N) is 1. The number of methoxy groups -OCH3 is 1. The molecule has 1 heterocycles. The van der Waals surface area contributed by atoms with Crippen LogP contribution in [-0.4, -0.2) is 20.2 Å². The quantitative estimate of drug-likeness (QED) is 0.838. The maximum atomic E-state index is 6.50. The molecule has 108 valence electrons. The molecule has 0 aromatic heterocycles. The van der Waals surface area contributed by atoms with Crippen LogP contribution in [0.5, 0.6) is 5.75 Å². The summed E-state index contributed by atoms with van der Waals surface area (Å²) in [5, 5.41) is 3.43. The molecule has 3 N–H and O–H groups in total. The Balaban J connectivity index is 0.000000902. The van der Waals surface area contributed by atoms with E-state index in [0.717, 1.165) is 25.3 Å². The zero-order valence-corrected chi connectivity index (χ0v) is 12.8. The monoisotopic (exact) mass is 304 g/mol. The average molecular weight is 305 g/mol. The van der Waals surface area contributed by atoms with Crippen molar-refractivity contribution in [1.82, 2.24) is 5.32 Å². The summed E-state index contributed by atoms with van der Waals surface area (Å²) in [6.07, 6.45) is 3.51. The second-order valence-corrected chi connectivity index (χ2v) is 5.33. The summed E-state index contributed by atoms with van der Waals surface area (Å²) in [7, 11) is 1.71. The van der Waals surface area contributed by atoms with E-state index in [9.17, 15) is 0 Å². The van der Waals surface area contributed by atoms with Crippen LogP contribution in [0.4, 0.5) is 0 Å². The van der Waals surface area contributed by atoms with Crippen molar-refractivity contribution in [3.8, 4) is 5.75 Å². The van der Waals surface area contributed by atoms with Gasteiger partial charge in [0.1, 0.15) is 5.75 Å². The molecular weight excluding hydrogens is 283 g/mol. The highest BCUT2D eigenvalue weighted by Crippen LogP contribution is 2.50. The SMILES string of the molecule is COc1ccc2c(c1)C(N)C1(CCNCC1)C2.Cl.Cl. The number of fused-ring (bicyclic) bond motifs is 1. The van der Waals surface area contributed by atoms with Crippen molar-refractivity contribution >= 4 is 24.8 Å². The lowest BCUT2D eigenvalue weighted by molar-refractivity contribution is 0.174. The smallest absolute Gasteiger partial charge is 0.119 e. The average Bonchev–Trinajstić information content (AvgIpc) is 2.63. The standard InChI is InChI=1S/C14H20N2O.2ClH/c1-17-11-3-2-10-9-14(4-6-16-7-5-14)13(15)12(10)8-11;;/h2-3,8,13,16H,4-7,9,15H2,1H3;2*1H. The van der Waals surface area contributed by atoms with Gasteiger partial charge in [-0.1, -0.05) is 6.07 Å². The third-order valence-electron chi connectivity index (χ3n) is 4.49. The molecule has 0 amide bonds. The Morgan fingerprint density at radius 1 is 1.26 bits per heavy atom. The maximum Gasteiger partial charge on any atom is 0.119 e. The van der Waals surface area contributed by atoms with Gasteiger partial charge in [-0.25, -0.2) is 0 Å². The predicted octanol–water partition coefficient (Wildman–Crippen LogP) is 2.46. The van der Waals surface area contributed by atoms with Gasteiger partial charge in [-0.05, 0) is 61.0 Å². The molecule has 1 aliphatic heterocycles. The zero-order chi connectivity index (χ0) is 11.9. The summed E-state index contributed by atoms with van der Waals surface area (Å²) in [5.74, 6) is 0.921. The highest BCUT2D eigenvalue weighted by molar-refractivity contribution is 5.85. The molecule has 1 aliphatic carbocycles. The van der Waals surface area contributed by atoms with Crippen LogP contribution in [0.3, 0.4) is 0 Å². The van der Waals surface area contributed by atoms with Crippen molar-refractivity contribution in [3.63, 3.8) is 0 Å². The molecule has 5 heteroatoms. The number of nitrogens with two attached hydrogens (primary N) is 1. The van der Waals surface area contributed by atoms with Gasteiger partial charge in [0.05, 0.1) is 7.11 Å². The largest absolute Gasteiger partial charge is 0.497 e. The molecule has 3 nitrogen and oxygen atoms in total. The van der Waals surface area contributed by atoms with E-state index in [1.807, 2.05) is 6.07 Å². The second kappa shape index (κ2) is 6.31. The minimum atomic E-state index is 0. The number of rotatable bonds is 1. The van der Waals surface area contributed by atoms with Crippen LogP contribution < -0.4 is 15.8 Å². The highest BCUT2D eigenvalue weighted by atomic mass is 35.5. The minimum absolute atomic E-state index is 0. The summed E-state index contributed by atoms with van der Waals surface area (Å²) in [5.41, 5.74) is 9.50. The Kier molecular flexibility index (Phi) is 5.51. The minimum Gasteiger partial charge on any atom is -0.497 e. The van der Waals surface area contributed by atoms with Crippen molar-refractivity contribution in [2.45, 2.75) is 25.3 Å². The molecule has 2 aliphatic rings. The third-order valence-corrected chi connectivity index (χ3v) is 4.49. The molecule has 1 atom stereocenters. The molecule has 3 rings (SSSR count). The lowest BCUT2D eigenvalue weighted by atomic mass is 9.73. The first-order valence-corrected chi connectivity index (χ1v) is 6.38. The first kappa shape index (κ1) is 16.6. The molecule has 1 spiro atoms. The number of halogens is 2. The Labute approximate surface area is 127 Å². The van der Waals surface area contributed by atoms with Crippen LogP contribution in [0.15, 0.2) is 18.2 Å². The predicted molar refractivity (Wildman–Crippen MR) is 82.7 cm³/mol. The summed E-state index contributed by atoms with van der Waals surface area (Å²) in [6.45, 7) is 2.19. The van der Waals surface area contributed by atoms with Crippen molar-refractivity contribution in [1.29, 1.82) is 0 Å². The number of benzene rings is 1. The molecule has 1 aromatic rings. The lowest BCUT2D eigenvalue weighted by Gasteiger charge is -2.37. The lowest BCUT2D eigenvalue weighted by Crippen LogP contribution is -2.42. The van der Waals surface area contributed by atoms with E-state index in [4.69, 9.17) is 10.5 Å². The van der Waals surface area contributed by atoms with Crippen molar-refractivity contribution in [3.05, 3.63) is 29.3 Å². The van der Waals surface area contributed by atoms with Crippen molar-refractivity contribution in [2.75, 3.05) is 20.2 Å². The maximum absolute atomic E-state index is 6.50. The van der Waals surface area contributed by atoms with Crippen LogP contribution in [0.1, 0.15) is 30.0 Å². The van der Waals surface area contributed by atoms with Gasteiger partial charge in [0.15, 0.2) is 0 Å². The molecule has 0 radical (unpaired) electrons. The zero-order valence-electron chi connectivity index (χ0n) is 11.1. The first-order chi connectivity index (χ1) is 8.25. The number of piperidine rings is 1. The van der Waals surface area contributed by atoms with Crippen LogP contribution >= 0.6 is 24.8 Å². The summed E-state index contributed by atoms with van der Waals surface area (Å²) in [6, 6.07) is 6.53. The number of ether oxygens (including phenoxy) is 1. The van der Waals surface area contributed by atoms with E-state index in [1.165, 1.54) is 24.0 Å². The fourth-order valence-corrected chi connectivity index (χ4v) is 3.38. The van der Waals surface area contributed by atoms with Crippen molar-refractivity contribution < 1.29 is 4.74 Å². The topological polar surface area (TPSA) is 47.3 Å². The Hall–Kier alpha value is -0.480. The molecule has 1 aromatic carbocycles. The molecule has 0 saturated carbocycles. The van der Waals surface area contributed by atoms with Crippen LogP contribution in [0.25, 0.3) is 0 Å². The highest BCUT2D eigenvalue weighted by Gasteiger charge is 2.44. The second-order valence-electron chi connectivity index (χ2n) is 5.33. The van der Waals surface area contributed by atoms with E-state index in [1.54, 1.807) is 7.11 Å². The van der Waals surface area contributed by atoms with Crippen molar-refractivity contribution in [2.24, 2.45) is 11.1 Å². The van der Waals surface area contributed by atoms with Crippen LogP contribution in [-0.2, 0) is 6.42 Å². The Bertz CT molecular complexity index is 433. The molecule has 1 saturated heterocycles. The molecule has 0 bridgehead atoms. The summed E-state index contributed by atoms with van der Waals surface area (Å²) < 4.78 is 5.30. The summed E-state index contributed by atoms with van der Waals surface area (Å²) >= 11 is 0. The van der Waals surface area contributed by atoms with Gasteiger partial charge in [0.25, 0.3) is 0 Å². The van der Waals surface area contributed by atoms with Gasteiger partial charge in [-0.2, -0.15) is 0 Å². The van der Waals surface area contributed by atoms with Gasteiger partial charge in [-0.3, -0.25) is 0 Å². The van der Waals surface area contributed by atoms with Crippen LogP contribution in [0.2, 0.25) is 0 Å². The fourth-order valence-electron chi connectivity index (χ4n) is 3.38. The summed E-state index contributed by atoms with van der Waals surface area (Å²) in [4.78, 5) is 0. The van der Waals surface area contributed by atoms with E-state index < -0.39 is 0 Å². The van der Waals surface area contributed by atoms with Gasteiger partial charge in [0, 0.05) is 6.04 Å². The van der Waals surface area contributed by atoms with E-state index in [0.29, 0.717) is 5.41 Å². The third kappa shape index (κ3) is 2.70. The molecular formula is C14H22Cl2N2O. The molecule has 19 heavy (non-hydrogen) atoms. The van der Waals surface area contributed by atoms with Gasteiger partial charge in [0.2, 0.25) is 0 Å². The fraction of sp³-hybridized carbons (Fsp3) is 0.571. The van der Waals surface area contributed by atoms with Gasteiger partial charge in [-0.15, -0.1) is 24.8 Å². The van der Waals surface area contributed by atoms with Crippen LogP contribution in [0, 0.1) is 5.41 Å². The number of hydrogen-bond acceptors (Lipinski definition) is 3. The number of hydrogen-bond donors (Lipinski definition) is 2. The van der Waals surface area contributed by atoms with Gasteiger partial charge >= 0.3 is 0 Å². The Morgan fingerprint density at radius 2 is 1.95 bits per heavy atom. The Morgan fingerprint density at radius 3 is 2.58 bits per heavy atom. The van der Waals surface area contributed by atoms with E-state index in [-0.39, 0.29) is 30.9 Å². The van der Waals surface area contributed by atoms with E-state index >= 15 is 0 Å².